The molecule has 0 aromatic heterocycles. The average molecular weight is 245 g/mol. The summed E-state index contributed by atoms with van der Waals surface area (Å²) in [6.45, 7) is 0.524. The van der Waals surface area contributed by atoms with Gasteiger partial charge in [0.05, 0.1) is 7.11 Å². The molecule has 18 heavy (non-hydrogen) atoms. The molecule has 0 radical (unpaired) electrons. The molecule has 0 spiro atoms. The van der Waals surface area contributed by atoms with Gasteiger partial charge in [0.25, 0.3) is 0 Å². The van der Waals surface area contributed by atoms with Crippen LogP contribution in [0.4, 0.5) is 4.39 Å². The zero-order valence-corrected chi connectivity index (χ0v) is 10.5. The van der Waals surface area contributed by atoms with Crippen LogP contribution in [-0.4, -0.2) is 14.2 Å². The summed E-state index contributed by atoms with van der Waals surface area (Å²) < 4.78 is 18.6. The van der Waals surface area contributed by atoms with Crippen molar-refractivity contribution in [2.45, 2.75) is 6.54 Å². The van der Waals surface area contributed by atoms with Gasteiger partial charge in [-0.15, -0.1) is 0 Å². The van der Waals surface area contributed by atoms with Crippen molar-refractivity contribution in [3.8, 4) is 16.9 Å². The topological polar surface area (TPSA) is 21.3 Å². The van der Waals surface area contributed by atoms with E-state index in [0.29, 0.717) is 12.1 Å². The summed E-state index contributed by atoms with van der Waals surface area (Å²) in [6, 6.07) is 12.9. The van der Waals surface area contributed by atoms with Crippen molar-refractivity contribution in [3.05, 3.63) is 53.8 Å². The molecule has 0 atom stereocenters. The fourth-order valence-electron chi connectivity index (χ4n) is 1.86. The van der Waals surface area contributed by atoms with Crippen LogP contribution in [-0.2, 0) is 6.54 Å². The molecular formula is C15H16FNO. The van der Waals surface area contributed by atoms with Gasteiger partial charge in [0.2, 0.25) is 0 Å². The van der Waals surface area contributed by atoms with E-state index in [4.69, 9.17) is 4.74 Å². The summed E-state index contributed by atoms with van der Waals surface area (Å²) in [5, 5.41) is 2.96. The van der Waals surface area contributed by atoms with E-state index >= 15 is 0 Å². The molecule has 0 unspecified atom stereocenters. The monoisotopic (exact) mass is 245 g/mol. The molecule has 0 fully saturated rings. The molecule has 2 rings (SSSR count). The number of ether oxygens (including phenoxy) is 1. The fourth-order valence-corrected chi connectivity index (χ4v) is 1.86. The molecule has 0 amide bonds. The lowest BCUT2D eigenvalue weighted by molar-refractivity contribution is 0.415. The Morgan fingerprint density at radius 3 is 2.33 bits per heavy atom. The largest absolute Gasteiger partial charge is 0.497 e. The number of nitrogens with one attached hydrogen (secondary N) is 1. The number of benzene rings is 2. The van der Waals surface area contributed by atoms with Gasteiger partial charge in [-0.2, -0.15) is 0 Å². The summed E-state index contributed by atoms with van der Waals surface area (Å²) in [6.07, 6.45) is 0. The first-order valence-electron chi connectivity index (χ1n) is 5.82. The Balaban J connectivity index is 2.34. The highest BCUT2D eigenvalue weighted by molar-refractivity contribution is 5.65. The third-order valence-electron chi connectivity index (χ3n) is 2.84. The molecular weight excluding hydrogens is 229 g/mol. The standard InChI is InChI=1S/C15H16FNO/c1-17-10-13-9-12(5-8-15(13)16)11-3-6-14(18-2)7-4-11/h3-9,17H,10H2,1-2H3. The van der Waals surface area contributed by atoms with E-state index in [1.807, 2.05) is 30.3 Å². The Morgan fingerprint density at radius 1 is 1.06 bits per heavy atom. The molecule has 0 heterocycles. The molecule has 94 valence electrons. The summed E-state index contributed by atoms with van der Waals surface area (Å²) >= 11 is 0. The lowest BCUT2D eigenvalue weighted by Gasteiger charge is -2.07. The van der Waals surface area contributed by atoms with Gasteiger partial charge in [-0.3, -0.25) is 0 Å². The van der Waals surface area contributed by atoms with Crippen LogP contribution in [0, 0.1) is 5.82 Å². The lowest BCUT2D eigenvalue weighted by atomic mass is 10.0. The molecule has 2 aromatic rings. The van der Waals surface area contributed by atoms with Crippen LogP contribution >= 0.6 is 0 Å². The number of halogens is 1. The van der Waals surface area contributed by atoms with Crippen LogP contribution in [0.15, 0.2) is 42.5 Å². The number of methoxy groups -OCH3 is 1. The van der Waals surface area contributed by atoms with Crippen LogP contribution in [0.5, 0.6) is 5.75 Å². The van der Waals surface area contributed by atoms with Crippen molar-refractivity contribution in [2.75, 3.05) is 14.2 Å². The van der Waals surface area contributed by atoms with Gasteiger partial charge in [-0.1, -0.05) is 18.2 Å². The van der Waals surface area contributed by atoms with E-state index in [2.05, 4.69) is 5.32 Å². The first-order chi connectivity index (χ1) is 8.74. The van der Waals surface area contributed by atoms with Gasteiger partial charge >= 0.3 is 0 Å². The molecule has 0 saturated carbocycles. The van der Waals surface area contributed by atoms with Crippen molar-refractivity contribution in [3.63, 3.8) is 0 Å². The maximum atomic E-state index is 13.5. The summed E-state index contributed by atoms with van der Waals surface area (Å²) in [5.74, 6) is 0.637. The van der Waals surface area contributed by atoms with Gasteiger partial charge in [0.1, 0.15) is 11.6 Å². The Morgan fingerprint density at radius 2 is 1.72 bits per heavy atom. The van der Waals surface area contributed by atoms with Crippen molar-refractivity contribution < 1.29 is 9.13 Å². The zero-order valence-electron chi connectivity index (χ0n) is 10.5. The van der Waals surface area contributed by atoms with E-state index < -0.39 is 0 Å². The van der Waals surface area contributed by atoms with E-state index in [-0.39, 0.29) is 5.82 Å². The molecule has 3 heteroatoms. The second-order valence-electron chi connectivity index (χ2n) is 4.07. The summed E-state index contributed by atoms with van der Waals surface area (Å²) in [5.41, 5.74) is 2.73. The van der Waals surface area contributed by atoms with Crippen LogP contribution in [0.2, 0.25) is 0 Å². The maximum absolute atomic E-state index is 13.5. The van der Waals surface area contributed by atoms with Crippen LogP contribution in [0.1, 0.15) is 5.56 Å². The third-order valence-corrected chi connectivity index (χ3v) is 2.84. The van der Waals surface area contributed by atoms with Gasteiger partial charge in [0, 0.05) is 12.1 Å². The smallest absolute Gasteiger partial charge is 0.127 e. The highest BCUT2D eigenvalue weighted by Gasteiger charge is 2.04. The second-order valence-corrected chi connectivity index (χ2v) is 4.07. The minimum atomic E-state index is -0.179. The predicted octanol–water partition coefficient (Wildman–Crippen LogP) is 3.22. The Bertz CT molecular complexity index is 523. The second kappa shape index (κ2) is 5.65. The fraction of sp³-hybridized carbons (Fsp3) is 0.200. The van der Waals surface area contributed by atoms with Gasteiger partial charge < -0.3 is 10.1 Å². The van der Waals surface area contributed by atoms with Crippen molar-refractivity contribution in [1.82, 2.24) is 5.32 Å². The Labute approximate surface area is 106 Å². The minimum Gasteiger partial charge on any atom is -0.497 e. The molecule has 0 bridgehead atoms. The first-order valence-corrected chi connectivity index (χ1v) is 5.82. The van der Waals surface area contributed by atoms with Crippen LogP contribution in [0.25, 0.3) is 11.1 Å². The van der Waals surface area contributed by atoms with E-state index in [1.165, 1.54) is 6.07 Å². The SMILES string of the molecule is CNCc1cc(-c2ccc(OC)cc2)ccc1F. The van der Waals surface area contributed by atoms with Crippen LogP contribution in [0.3, 0.4) is 0 Å². The normalized spacial score (nSPS) is 10.4. The van der Waals surface area contributed by atoms with Crippen molar-refractivity contribution in [1.29, 1.82) is 0 Å². The van der Waals surface area contributed by atoms with Gasteiger partial charge in [0.15, 0.2) is 0 Å². The Hall–Kier alpha value is -1.87. The van der Waals surface area contributed by atoms with E-state index in [1.54, 1.807) is 20.2 Å². The molecule has 2 aromatic carbocycles. The molecule has 2 nitrogen and oxygen atoms in total. The lowest BCUT2D eigenvalue weighted by Crippen LogP contribution is -2.07. The Kier molecular flexibility index (Phi) is 3.95. The number of hydrogen-bond donors (Lipinski definition) is 1. The quantitative estimate of drug-likeness (QED) is 0.893. The summed E-state index contributed by atoms with van der Waals surface area (Å²) in [7, 11) is 3.44. The van der Waals surface area contributed by atoms with Gasteiger partial charge in [-0.05, 0) is 42.4 Å². The predicted molar refractivity (Wildman–Crippen MR) is 71.2 cm³/mol. The molecule has 0 aliphatic heterocycles. The highest BCUT2D eigenvalue weighted by Crippen LogP contribution is 2.24. The van der Waals surface area contributed by atoms with E-state index in [9.17, 15) is 4.39 Å². The molecule has 0 saturated heterocycles. The first kappa shape index (κ1) is 12.6. The molecule has 0 aliphatic carbocycles. The van der Waals surface area contributed by atoms with Gasteiger partial charge in [-0.25, -0.2) is 4.39 Å². The van der Waals surface area contributed by atoms with E-state index in [0.717, 1.165) is 16.9 Å². The highest BCUT2D eigenvalue weighted by atomic mass is 19.1. The maximum Gasteiger partial charge on any atom is 0.127 e. The molecule has 1 N–H and O–H groups in total. The van der Waals surface area contributed by atoms with Crippen molar-refractivity contribution in [2.24, 2.45) is 0 Å². The number of hydrogen-bond acceptors (Lipinski definition) is 2. The minimum absolute atomic E-state index is 0.179. The summed E-state index contributed by atoms with van der Waals surface area (Å²) in [4.78, 5) is 0. The van der Waals surface area contributed by atoms with Crippen LogP contribution < -0.4 is 10.1 Å². The zero-order chi connectivity index (χ0) is 13.0. The average Bonchev–Trinajstić information content (AvgIpc) is 2.42. The van der Waals surface area contributed by atoms with Crippen molar-refractivity contribution >= 4 is 0 Å². The third kappa shape index (κ3) is 2.68. The number of rotatable bonds is 4. The molecule has 0 aliphatic rings.